The van der Waals surface area contributed by atoms with Crippen LogP contribution in [0.25, 0.3) is 43.4 Å². The van der Waals surface area contributed by atoms with Crippen molar-refractivity contribution in [1.82, 2.24) is 4.39 Å². The number of quaternary nitrogens is 1. The monoisotopic (exact) mass is 619 g/mol. The Hall–Kier alpha value is -4.92. The van der Waals surface area contributed by atoms with E-state index in [4.69, 9.17) is 0 Å². The lowest BCUT2D eigenvalue weighted by Crippen LogP contribution is -2.80. The van der Waals surface area contributed by atoms with Crippen molar-refractivity contribution >= 4 is 66.3 Å². The van der Waals surface area contributed by atoms with Crippen molar-refractivity contribution in [3.63, 3.8) is 0 Å². The molecule has 0 N–H and O–H groups in total. The van der Waals surface area contributed by atoms with Gasteiger partial charge in [0.1, 0.15) is 0 Å². The molecule has 0 aromatic heterocycles. The highest BCUT2D eigenvalue weighted by molar-refractivity contribution is 7.16. The number of benzene rings is 7. The van der Waals surface area contributed by atoms with Gasteiger partial charge in [-0.15, -0.1) is 16.4 Å². The van der Waals surface area contributed by atoms with E-state index in [0.717, 1.165) is 4.39 Å². The van der Waals surface area contributed by atoms with Crippen LogP contribution in [0.15, 0.2) is 152 Å². The summed E-state index contributed by atoms with van der Waals surface area (Å²) in [4.78, 5) is 0. The molecule has 1 saturated carbocycles. The first kappa shape index (κ1) is 29.2. The second kappa shape index (κ2) is 11.4. The summed E-state index contributed by atoms with van der Waals surface area (Å²) in [6.45, 7) is 0. The van der Waals surface area contributed by atoms with Gasteiger partial charge in [0.05, 0.1) is 5.69 Å². The first-order chi connectivity index (χ1) is 23.6. The molecule has 0 saturated heterocycles. The summed E-state index contributed by atoms with van der Waals surface area (Å²) in [6, 6.07) is 58.0. The quantitative estimate of drug-likeness (QED) is 0.172. The smallest absolute Gasteiger partial charge is 0.296 e. The van der Waals surface area contributed by atoms with Crippen LogP contribution < -0.4 is 15.3 Å². The summed E-state index contributed by atoms with van der Waals surface area (Å²) >= 11 is 0. The summed E-state index contributed by atoms with van der Waals surface area (Å²) in [5.41, 5.74) is 10.1. The summed E-state index contributed by atoms with van der Waals surface area (Å²) in [5, 5.41) is 7.77. The van der Waals surface area contributed by atoms with E-state index in [1.165, 1.54) is 97.6 Å². The normalized spacial score (nSPS) is 17.5. The number of hydrogen-bond acceptors (Lipinski definition) is 0. The first-order valence-corrected chi connectivity index (χ1v) is 17.9. The molecular formula is C46H42BN. The van der Waals surface area contributed by atoms with Gasteiger partial charge < -0.3 is 4.39 Å². The Morgan fingerprint density at radius 3 is 1.54 bits per heavy atom. The maximum atomic E-state index is 2.53. The molecule has 234 valence electrons. The molecule has 0 amide bonds. The van der Waals surface area contributed by atoms with E-state index < -0.39 is 6.28 Å². The van der Waals surface area contributed by atoms with E-state index in [2.05, 4.69) is 166 Å². The molecule has 1 nitrogen and oxygen atoms in total. The molecule has 9 rings (SSSR count). The van der Waals surface area contributed by atoms with Gasteiger partial charge in [-0.05, 0) is 69.3 Å². The van der Waals surface area contributed by atoms with Crippen LogP contribution >= 0.6 is 0 Å². The van der Waals surface area contributed by atoms with Gasteiger partial charge in [-0.25, -0.2) is 0 Å². The molecule has 7 aromatic carbocycles. The zero-order valence-corrected chi connectivity index (χ0v) is 28.1. The van der Waals surface area contributed by atoms with Gasteiger partial charge >= 0.3 is 0 Å². The topological polar surface area (TPSA) is 0 Å². The Balaban J connectivity index is 1.50. The SMILES string of the molecule is C[N+]1(C)c2ccccc2C(C2CCCCC2)=C(c2ccc3ccccc3c2)[B-]1(c1ccc2ccccc2c1)c1ccc2ccccc2c1. The van der Waals surface area contributed by atoms with Crippen molar-refractivity contribution < 1.29 is 0 Å². The van der Waals surface area contributed by atoms with Crippen LogP contribution in [-0.2, 0) is 0 Å². The molecule has 2 aliphatic rings. The zero-order valence-electron chi connectivity index (χ0n) is 28.1. The Morgan fingerprint density at radius 1 is 0.479 bits per heavy atom. The lowest BCUT2D eigenvalue weighted by molar-refractivity contribution is 0.429. The molecule has 7 aromatic rings. The Kier molecular flexibility index (Phi) is 6.92. The summed E-state index contributed by atoms with van der Waals surface area (Å²) < 4.78 is 0.741. The van der Waals surface area contributed by atoms with Crippen molar-refractivity contribution in [2.75, 3.05) is 14.1 Å². The van der Waals surface area contributed by atoms with Gasteiger partial charge in [-0.3, -0.25) is 0 Å². The molecule has 1 heterocycles. The van der Waals surface area contributed by atoms with Crippen LogP contribution in [-0.4, -0.2) is 20.4 Å². The van der Waals surface area contributed by atoms with Gasteiger partial charge in [0.25, 0.3) is 6.28 Å². The van der Waals surface area contributed by atoms with Crippen molar-refractivity contribution in [1.29, 1.82) is 0 Å². The molecule has 0 unspecified atom stereocenters. The third-order valence-corrected chi connectivity index (χ3v) is 12.1. The van der Waals surface area contributed by atoms with Crippen LogP contribution in [0.1, 0.15) is 43.2 Å². The molecule has 0 spiro atoms. The molecule has 1 fully saturated rings. The van der Waals surface area contributed by atoms with Crippen LogP contribution in [0.2, 0.25) is 0 Å². The van der Waals surface area contributed by atoms with E-state index in [0.29, 0.717) is 5.92 Å². The summed E-state index contributed by atoms with van der Waals surface area (Å²) in [7, 11) is 4.98. The van der Waals surface area contributed by atoms with Crippen LogP contribution in [0.4, 0.5) is 5.69 Å². The fraction of sp³-hybridized carbons (Fsp3) is 0.174. The number of para-hydroxylation sites is 1. The molecule has 0 bridgehead atoms. The number of fused-ring (bicyclic) bond motifs is 4. The van der Waals surface area contributed by atoms with Gasteiger partial charge in [0, 0.05) is 19.7 Å². The van der Waals surface area contributed by atoms with Crippen molar-refractivity contribution in [3.8, 4) is 0 Å². The highest BCUT2D eigenvalue weighted by atomic mass is 15.3. The third-order valence-electron chi connectivity index (χ3n) is 12.1. The molecule has 48 heavy (non-hydrogen) atoms. The van der Waals surface area contributed by atoms with Crippen LogP contribution in [0.5, 0.6) is 0 Å². The second-order valence-corrected chi connectivity index (χ2v) is 14.8. The summed E-state index contributed by atoms with van der Waals surface area (Å²) in [6.07, 6.45) is 4.81. The molecule has 0 radical (unpaired) electrons. The zero-order chi connectivity index (χ0) is 32.3. The first-order valence-electron chi connectivity index (χ1n) is 17.9. The van der Waals surface area contributed by atoms with E-state index >= 15 is 0 Å². The summed E-state index contributed by atoms with van der Waals surface area (Å²) in [5.74, 6) is 0.517. The molecule has 1 aliphatic heterocycles. The average molecular weight is 620 g/mol. The van der Waals surface area contributed by atoms with Crippen LogP contribution in [0.3, 0.4) is 0 Å². The maximum absolute atomic E-state index is 2.53. The third kappa shape index (κ3) is 4.36. The van der Waals surface area contributed by atoms with Crippen molar-refractivity contribution in [3.05, 3.63) is 163 Å². The predicted octanol–water partition coefficient (Wildman–Crippen LogP) is 10.5. The van der Waals surface area contributed by atoms with Gasteiger partial charge in [0.2, 0.25) is 0 Å². The number of nitrogens with zero attached hydrogens (tertiary/aromatic N) is 1. The van der Waals surface area contributed by atoms with Crippen molar-refractivity contribution in [2.45, 2.75) is 32.1 Å². The van der Waals surface area contributed by atoms with Gasteiger partial charge in [-0.1, -0.05) is 164 Å². The lowest BCUT2D eigenvalue weighted by atomic mass is 9.19. The minimum absolute atomic E-state index is 0.517. The Bertz CT molecular complexity index is 2300. The molecule has 1 aliphatic carbocycles. The predicted molar refractivity (Wildman–Crippen MR) is 210 cm³/mol. The van der Waals surface area contributed by atoms with E-state index in [1.807, 2.05) is 0 Å². The van der Waals surface area contributed by atoms with Gasteiger partial charge in [-0.2, -0.15) is 0 Å². The maximum Gasteiger partial charge on any atom is 0.296 e. The van der Waals surface area contributed by atoms with E-state index in [1.54, 1.807) is 5.57 Å². The molecular weight excluding hydrogens is 577 g/mol. The Morgan fingerprint density at radius 2 is 0.958 bits per heavy atom. The van der Waals surface area contributed by atoms with E-state index in [9.17, 15) is 0 Å². The minimum atomic E-state index is -1.61. The standard InChI is InChI=1S/C46H42BN/c1-48(2)44-23-13-12-22-43(44)45(36-17-4-3-5-18-36)46(40-25-24-33-14-6-9-19-37(33)30-40)47(48,41-28-26-34-15-7-10-20-38(34)31-41)42-29-27-35-16-8-11-21-39(35)32-42/h6-16,19-32,36H,3-5,17-18H2,1-2H3. The largest absolute Gasteiger partial charge is 0.474 e. The average Bonchev–Trinajstić information content (AvgIpc) is 3.14. The Labute approximate surface area is 284 Å². The highest BCUT2D eigenvalue weighted by Crippen LogP contribution is 2.53. The van der Waals surface area contributed by atoms with E-state index in [-0.39, 0.29) is 0 Å². The fourth-order valence-corrected chi connectivity index (χ4v) is 9.90. The second-order valence-electron chi connectivity index (χ2n) is 14.8. The highest BCUT2D eigenvalue weighted by Gasteiger charge is 2.54. The fourth-order valence-electron chi connectivity index (χ4n) is 9.90. The molecule has 0 atom stereocenters. The number of hydrogen-bond donors (Lipinski definition) is 0. The molecule has 2 heteroatoms. The van der Waals surface area contributed by atoms with Crippen LogP contribution in [0, 0.1) is 5.92 Å². The number of allylic oxidation sites excluding steroid dienone is 1. The lowest BCUT2D eigenvalue weighted by Gasteiger charge is -2.61. The number of rotatable bonds is 4. The van der Waals surface area contributed by atoms with Crippen molar-refractivity contribution in [2.24, 2.45) is 5.92 Å². The van der Waals surface area contributed by atoms with Gasteiger partial charge in [0.15, 0.2) is 0 Å². The minimum Gasteiger partial charge on any atom is -0.474 e.